The first-order chi connectivity index (χ1) is 8.83. The van der Waals surface area contributed by atoms with E-state index < -0.39 is 0 Å². The minimum atomic E-state index is 0.695. The van der Waals surface area contributed by atoms with Gasteiger partial charge in [0.1, 0.15) is 5.75 Å². The van der Waals surface area contributed by atoms with Crippen molar-refractivity contribution in [1.82, 2.24) is 9.97 Å². The summed E-state index contributed by atoms with van der Waals surface area (Å²) in [5.74, 6) is 1.56. The number of benzene rings is 1. The van der Waals surface area contributed by atoms with E-state index >= 15 is 0 Å². The highest BCUT2D eigenvalue weighted by Crippen LogP contribution is 2.18. The molecule has 1 aromatic heterocycles. The lowest BCUT2D eigenvalue weighted by Gasteiger charge is -2.03. The van der Waals surface area contributed by atoms with Gasteiger partial charge < -0.3 is 10.5 Å². The topological polar surface area (TPSA) is 61.0 Å². The van der Waals surface area contributed by atoms with Crippen LogP contribution < -0.4 is 10.5 Å². The molecule has 1 heterocycles. The summed E-state index contributed by atoms with van der Waals surface area (Å²) in [7, 11) is 1.65. The van der Waals surface area contributed by atoms with E-state index in [4.69, 9.17) is 10.5 Å². The molecular weight excluding hydrogens is 226 g/mol. The van der Waals surface area contributed by atoms with Gasteiger partial charge in [0.2, 0.25) is 0 Å². The van der Waals surface area contributed by atoms with E-state index in [1.807, 2.05) is 36.7 Å². The van der Waals surface area contributed by atoms with Crippen LogP contribution >= 0.6 is 0 Å². The van der Waals surface area contributed by atoms with E-state index in [1.165, 1.54) is 0 Å². The van der Waals surface area contributed by atoms with Crippen molar-refractivity contribution in [2.24, 2.45) is 5.73 Å². The highest BCUT2D eigenvalue weighted by atomic mass is 16.5. The molecule has 2 N–H and O–H groups in total. The Balaban J connectivity index is 2.12. The summed E-state index contributed by atoms with van der Waals surface area (Å²) in [5, 5.41) is 0. The molecule has 0 saturated heterocycles. The summed E-state index contributed by atoms with van der Waals surface area (Å²) in [6.45, 7) is 0.695. The first-order valence-electron chi connectivity index (χ1n) is 5.99. The maximum atomic E-state index is 5.47. The number of nitrogens with zero attached hydrogens (tertiary/aromatic N) is 2. The van der Waals surface area contributed by atoms with Crippen LogP contribution in [0.5, 0.6) is 5.75 Å². The Hall–Kier alpha value is -1.94. The fraction of sp³-hybridized carbons (Fsp3) is 0.286. The average Bonchev–Trinajstić information content (AvgIpc) is 2.46. The number of nitrogens with two attached hydrogens (primary N) is 1. The molecule has 94 valence electrons. The zero-order valence-corrected chi connectivity index (χ0v) is 10.5. The molecule has 18 heavy (non-hydrogen) atoms. The van der Waals surface area contributed by atoms with Crippen molar-refractivity contribution in [2.45, 2.75) is 12.8 Å². The third-order valence-electron chi connectivity index (χ3n) is 2.72. The molecule has 0 aliphatic rings. The second kappa shape index (κ2) is 6.12. The third-order valence-corrected chi connectivity index (χ3v) is 2.72. The maximum absolute atomic E-state index is 5.47. The van der Waals surface area contributed by atoms with E-state index in [1.54, 1.807) is 7.11 Å². The molecule has 0 atom stereocenters. The van der Waals surface area contributed by atoms with Gasteiger partial charge in [-0.2, -0.15) is 0 Å². The fourth-order valence-electron chi connectivity index (χ4n) is 1.68. The molecule has 2 aromatic rings. The van der Waals surface area contributed by atoms with E-state index in [-0.39, 0.29) is 0 Å². The maximum Gasteiger partial charge on any atom is 0.159 e. The highest BCUT2D eigenvalue weighted by molar-refractivity contribution is 5.55. The van der Waals surface area contributed by atoms with Crippen molar-refractivity contribution < 1.29 is 4.74 Å². The fourth-order valence-corrected chi connectivity index (χ4v) is 1.68. The van der Waals surface area contributed by atoms with Crippen LogP contribution in [-0.4, -0.2) is 23.6 Å². The predicted molar refractivity (Wildman–Crippen MR) is 71.4 cm³/mol. The summed E-state index contributed by atoms with van der Waals surface area (Å²) in [6, 6.07) is 7.71. The molecule has 0 bridgehead atoms. The average molecular weight is 243 g/mol. The number of methoxy groups -OCH3 is 1. The van der Waals surface area contributed by atoms with E-state index in [2.05, 4.69) is 9.97 Å². The predicted octanol–water partition coefficient (Wildman–Crippen LogP) is 2.04. The van der Waals surface area contributed by atoms with E-state index in [9.17, 15) is 0 Å². The summed E-state index contributed by atoms with van der Waals surface area (Å²) in [5.41, 5.74) is 7.58. The van der Waals surface area contributed by atoms with Gasteiger partial charge in [0.25, 0.3) is 0 Å². The van der Waals surface area contributed by atoms with Crippen LogP contribution in [0.2, 0.25) is 0 Å². The van der Waals surface area contributed by atoms with Crippen LogP contribution in [0.3, 0.4) is 0 Å². The van der Waals surface area contributed by atoms with Gasteiger partial charge in [-0.1, -0.05) is 0 Å². The van der Waals surface area contributed by atoms with Gasteiger partial charge in [-0.3, -0.25) is 0 Å². The Labute approximate surface area is 107 Å². The minimum Gasteiger partial charge on any atom is -0.497 e. The molecule has 0 aliphatic carbocycles. The Bertz CT molecular complexity index is 479. The van der Waals surface area contributed by atoms with Crippen molar-refractivity contribution in [3.63, 3.8) is 0 Å². The smallest absolute Gasteiger partial charge is 0.159 e. The second-order valence-electron chi connectivity index (χ2n) is 4.04. The molecule has 2 rings (SSSR count). The molecular formula is C14H17N3O. The summed E-state index contributed by atoms with van der Waals surface area (Å²) in [4.78, 5) is 8.73. The first-order valence-corrected chi connectivity index (χ1v) is 5.99. The lowest BCUT2D eigenvalue weighted by atomic mass is 10.1. The molecule has 0 radical (unpaired) electrons. The molecule has 0 aliphatic heterocycles. The van der Waals surface area contributed by atoms with Crippen molar-refractivity contribution in [3.05, 3.63) is 42.2 Å². The number of hydrogen-bond acceptors (Lipinski definition) is 4. The van der Waals surface area contributed by atoms with Gasteiger partial charge in [-0.05, 0) is 49.2 Å². The van der Waals surface area contributed by atoms with Crippen LogP contribution in [-0.2, 0) is 6.42 Å². The van der Waals surface area contributed by atoms with Gasteiger partial charge in [0.15, 0.2) is 5.82 Å². The van der Waals surface area contributed by atoms with Crippen LogP contribution in [0.25, 0.3) is 11.4 Å². The lowest BCUT2D eigenvalue weighted by molar-refractivity contribution is 0.415. The molecule has 0 amide bonds. The zero-order valence-electron chi connectivity index (χ0n) is 10.5. The van der Waals surface area contributed by atoms with Crippen LogP contribution in [0, 0.1) is 0 Å². The van der Waals surface area contributed by atoms with Crippen LogP contribution in [0.1, 0.15) is 12.0 Å². The molecule has 4 heteroatoms. The third kappa shape index (κ3) is 3.05. The monoisotopic (exact) mass is 243 g/mol. The van der Waals surface area contributed by atoms with Crippen molar-refractivity contribution in [3.8, 4) is 17.1 Å². The largest absolute Gasteiger partial charge is 0.497 e. The van der Waals surface area contributed by atoms with Gasteiger partial charge in [0, 0.05) is 18.0 Å². The number of ether oxygens (including phenoxy) is 1. The number of aryl methyl sites for hydroxylation is 1. The minimum absolute atomic E-state index is 0.695. The van der Waals surface area contributed by atoms with Gasteiger partial charge in [-0.15, -0.1) is 0 Å². The van der Waals surface area contributed by atoms with Crippen LogP contribution in [0.4, 0.5) is 0 Å². The van der Waals surface area contributed by atoms with Crippen LogP contribution in [0.15, 0.2) is 36.7 Å². The normalized spacial score (nSPS) is 10.3. The highest BCUT2D eigenvalue weighted by Gasteiger charge is 2.01. The Kier molecular flexibility index (Phi) is 4.25. The van der Waals surface area contributed by atoms with E-state index in [0.717, 1.165) is 35.5 Å². The lowest BCUT2D eigenvalue weighted by Crippen LogP contribution is -2.01. The quantitative estimate of drug-likeness (QED) is 0.873. The molecule has 0 unspecified atom stereocenters. The Morgan fingerprint density at radius 2 is 1.78 bits per heavy atom. The summed E-state index contributed by atoms with van der Waals surface area (Å²) < 4.78 is 5.12. The molecule has 1 aromatic carbocycles. The zero-order chi connectivity index (χ0) is 12.8. The van der Waals surface area contributed by atoms with Crippen molar-refractivity contribution in [2.75, 3.05) is 13.7 Å². The molecule has 0 fully saturated rings. The number of rotatable bonds is 5. The van der Waals surface area contributed by atoms with Gasteiger partial charge >= 0.3 is 0 Å². The molecule has 0 saturated carbocycles. The SMILES string of the molecule is COc1ccc(-c2ncc(CCCN)cn2)cc1. The molecule has 4 nitrogen and oxygen atoms in total. The Morgan fingerprint density at radius 1 is 1.11 bits per heavy atom. The van der Waals surface area contributed by atoms with Crippen molar-refractivity contribution in [1.29, 1.82) is 0 Å². The number of hydrogen-bond donors (Lipinski definition) is 1. The Morgan fingerprint density at radius 3 is 2.33 bits per heavy atom. The summed E-state index contributed by atoms with van der Waals surface area (Å²) in [6.07, 6.45) is 5.62. The summed E-state index contributed by atoms with van der Waals surface area (Å²) >= 11 is 0. The second-order valence-corrected chi connectivity index (χ2v) is 4.04. The molecule has 0 spiro atoms. The van der Waals surface area contributed by atoms with Gasteiger partial charge in [0.05, 0.1) is 7.11 Å². The van der Waals surface area contributed by atoms with Gasteiger partial charge in [-0.25, -0.2) is 9.97 Å². The number of aromatic nitrogens is 2. The first kappa shape index (κ1) is 12.5. The van der Waals surface area contributed by atoms with Crippen molar-refractivity contribution >= 4 is 0 Å². The standard InChI is InChI=1S/C14H17N3O/c1-18-13-6-4-12(5-7-13)14-16-9-11(10-17-14)3-2-8-15/h4-7,9-10H,2-3,8,15H2,1H3. The van der Waals surface area contributed by atoms with E-state index in [0.29, 0.717) is 6.54 Å².